The van der Waals surface area contributed by atoms with Gasteiger partial charge in [-0.3, -0.25) is 0 Å². The van der Waals surface area contributed by atoms with Gasteiger partial charge in [-0.15, -0.1) is 24.3 Å². The third-order valence-corrected chi connectivity index (χ3v) is 11.6. The predicted molar refractivity (Wildman–Crippen MR) is 254 cm³/mol. The van der Waals surface area contributed by atoms with Crippen molar-refractivity contribution in [1.82, 2.24) is 19.9 Å². The van der Waals surface area contributed by atoms with Crippen LogP contribution >= 0.6 is 0 Å². The molecule has 0 amide bonds. The first-order chi connectivity index (χ1) is 30.0. The van der Waals surface area contributed by atoms with Gasteiger partial charge in [0.2, 0.25) is 0 Å². The quantitative estimate of drug-likeness (QED) is 0.141. The molecule has 0 saturated heterocycles. The average Bonchev–Trinajstić information content (AvgIpc) is 3.82. The first-order valence-electron chi connectivity index (χ1n) is 21.5. The molecule has 64 heavy (non-hydrogen) atoms. The molecular formula is C56H50Ir2N4O2-2. The van der Waals surface area contributed by atoms with Crippen LogP contribution in [-0.2, 0) is 53.1 Å². The molecule has 0 aliphatic carbocycles. The molecular weight excluding hydrogens is 1150 g/mol. The molecule has 6 aromatic heterocycles. The molecule has 0 unspecified atom stereocenters. The van der Waals surface area contributed by atoms with E-state index in [1.165, 1.54) is 22.3 Å². The Morgan fingerprint density at radius 1 is 0.500 bits per heavy atom. The van der Waals surface area contributed by atoms with E-state index in [9.17, 15) is 0 Å². The van der Waals surface area contributed by atoms with Crippen molar-refractivity contribution in [1.29, 1.82) is 0 Å². The Kier molecular flexibility index (Phi) is 14.2. The molecule has 6 nitrogen and oxygen atoms in total. The Labute approximate surface area is 402 Å². The second-order valence-corrected chi connectivity index (χ2v) is 17.3. The summed E-state index contributed by atoms with van der Waals surface area (Å²) in [7, 11) is 0. The first-order valence-corrected chi connectivity index (χ1v) is 21.5. The molecule has 0 fully saturated rings. The van der Waals surface area contributed by atoms with Gasteiger partial charge in [0.15, 0.2) is 0 Å². The molecule has 10 rings (SSSR count). The minimum absolute atomic E-state index is 0. The second kappa shape index (κ2) is 19.6. The molecule has 0 spiro atoms. The number of hydrogen-bond acceptors (Lipinski definition) is 6. The number of hydrogen-bond donors (Lipinski definition) is 0. The maximum atomic E-state index is 6.26. The molecule has 0 aliphatic rings. The van der Waals surface area contributed by atoms with E-state index in [2.05, 4.69) is 138 Å². The normalized spacial score (nSPS) is 11.3. The SMILES string of the molecule is Cc1cc2c(oc3ccccc32)c(C)c1-c1ncc[c-]c1-c1cc(CC(C)C)ccn1.Cc1cc2oc3ccccc3c2c(C)c1-c1ncc[c-]c1-c1cc(CC(C)C)ccn1.[Ir].[Ir]. The van der Waals surface area contributed by atoms with Crippen LogP contribution in [-0.4, -0.2) is 19.9 Å². The molecule has 6 heterocycles. The number of pyridine rings is 4. The summed E-state index contributed by atoms with van der Waals surface area (Å²) in [5.74, 6) is 1.18. The number of rotatable bonds is 8. The van der Waals surface area contributed by atoms with Crippen LogP contribution in [0.5, 0.6) is 0 Å². The first kappa shape index (κ1) is 46.4. The van der Waals surface area contributed by atoms with Crippen LogP contribution in [0, 0.1) is 51.7 Å². The zero-order chi connectivity index (χ0) is 43.1. The number of benzene rings is 4. The van der Waals surface area contributed by atoms with Gasteiger partial charge in [0.25, 0.3) is 0 Å². The molecule has 326 valence electrons. The van der Waals surface area contributed by atoms with Crippen molar-refractivity contribution < 1.29 is 49.0 Å². The summed E-state index contributed by atoms with van der Waals surface area (Å²) in [4.78, 5) is 18.9. The maximum Gasteiger partial charge on any atom is 0.138 e. The van der Waals surface area contributed by atoms with Crippen LogP contribution < -0.4 is 0 Å². The van der Waals surface area contributed by atoms with Gasteiger partial charge in [-0.05, 0) is 145 Å². The van der Waals surface area contributed by atoms with Gasteiger partial charge >= 0.3 is 0 Å². The summed E-state index contributed by atoms with van der Waals surface area (Å²) in [5, 5.41) is 4.57. The maximum absolute atomic E-state index is 6.26. The Morgan fingerprint density at radius 3 is 1.56 bits per heavy atom. The number of aryl methyl sites for hydroxylation is 4. The topological polar surface area (TPSA) is 77.8 Å². The second-order valence-electron chi connectivity index (χ2n) is 17.3. The van der Waals surface area contributed by atoms with E-state index < -0.39 is 0 Å². The molecule has 2 radical (unpaired) electrons. The van der Waals surface area contributed by atoms with Gasteiger partial charge in [-0.1, -0.05) is 111 Å². The van der Waals surface area contributed by atoms with Gasteiger partial charge in [-0.2, -0.15) is 0 Å². The minimum atomic E-state index is 0. The number of furan rings is 2. The van der Waals surface area contributed by atoms with E-state index in [-0.39, 0.29) is 40.2 Å². The Hall–Kier alpha value is -5.62. The molecule has 4 aromatic carbocycles. The molecule has 0 N–H and O–H groups in total. The van der Waals surface area contributed by atoms with E-state index in [1.54, 1.807) is 6.20 Å². The van der Waals surface area contributed by atoms with E-state index in [1.807, 2.05) is 55.0 Å². The minimum Gasteiger partial charge on any atom is -0.456 e. The van der Waals surface area contributed by atoms with Gasteiger partial charge in [0.1, 0.15) is 22.3 Å². The van der Waals surface area contributed by atoms with Gasteiger partial charge < -0.3 is 28.8 Å². The molecule has 0 bridgehead atoms. The fraction of sp³-hybridized carbons (Fsp3) is 0.214. The summed E-state index contributed by atoms with van der Waals surface area (Å²) in [6, 6.07) is 39.8. The van der Waals surface area contributed by atoms with E-state index >= 15 is 0 Å². The summed E-state index contributed by atoms with van der Waals surface area (Å²) in [5.41, 5.74) is 18.5. The summed E-state index contributed by atoms with van der Waals surface area (Å²) < 4.78 is 12.4. The average molecular weight is 1200 g/mol. The molecule has 0 atom stereocenters. The van der Waals surface area contributed by atoms with Crippen molar-refractivity contribution >= 4 is 43.9 Å². The summed E-state index contributed by atoms with van der Waals surface area (Å²) >= 11 is 0. The van der Waals surface area contributed by atoms with Crippen LogP contribution in [0.15, 0.2) is 131 Å². The standard InChI is InChI=1S/2C28H25N2O.2Ir/c1-17(2)14-20-11-13-29-23(16-20)21-9-7-12-30-28(21)26-18(3)15-25-27(19(26)4)22-8-5-6-10-24(22)31-25;1-17(2)14-20-11-13-29-24(16-20)22-9-7-12-30-27(22)26-18(3)15-23-21-8-5-6-10-25(21)31-28(23)19(26)4;;/h2*5-8,10-13,15-17H,14H2,1-4H3;;/q2*-1;;. The summed E-state index contributed by atoms with van der Waals surface area (Å²) in [6.07, 6.45) is 9.44. The number of nitrogens with zero attached hydrogens (tertiary/aromatic N) is 4. The van der Waals surface area contributed by atoms with Crippen LogP contribution in [0.1, 0.15) is 61.1 Å². The van der Waals surface area contributed by atoms with Crippen LogP contribution in [0.4, 0.5) is 0 Å². The molecule has 0 aliphatic heterocycles. The fourth-order valence-corrected chi connectivity index (χ4v) is 9.08. The third-order valence-electron chi connectivity index (χ3n) is 11.6. The van der Waals surface area contributed by atoms with E-state index in [4.69, 9.17) is 18.8 Å². The van der Waals surface area contributed by atoms with Crippen molar-refractivity contribution in [3.05, 3.63) is 167 Å². The molecule has 8 heteroatoms. The Morgan fingerprint density at radius 2 is 1.00 bits per heavy atom. The van der Waals surface area contributed by atoms with Crippen molar-refractivity contribution in [2.45, 2.75) is 68.2 Å². The van der Waals surface area contributed by atoms with E-state index in [0.717, 1.165) is 113 Å². The van der Waals surface area contributed by atoms with E-state index in [0.29, 0.717) is 11.8 Å². The number of aromatic nitrogens is 4. The monoisotopic (exact) mass is 1200 g/mol. The van der Waals surface area contributed by atoms with Crippen LogP contribution in [0.2, 0.25) is 0 Å². The number of fused-ring (bicyclic) bond motifs is 6. The summed E-state index contributed by atoms with van der Waals surface area (Å²) in [6.45, 7) is 17.5. The largest absolute Gasteiger partial charge is 0.456 e. The Balaban J connectivity index is 0.000000186. The van der Waals surface area contributed by atoms with Crippen molar-refractivity contribution in [2.24, 2.45) is 11.8 Å². The zero-order valence-corrected chi connectivity index (χ0v) is 42.2. The van der Waals surface area contributed by atoms with Crippen LogP contribution in [0.3, 0.4) is 0 Å². The number of para-hydroxylation sites is 2. The fourth-order valence-electron chi connectivity index (χ4n) is 9.08. The van der Waals surface area contributed by atoms with Crippen molar-refractivity contribution in [2.75, 3.05) is 0 Å². The van der Waals surface area contributed by atoms with Crippen LogP contribution in [0.25, 0.3) is 88.9 Å². The molecule has 0 saturated carbocycles. The molecule has 10 aromatic rings. The predicted octanol–water partition coefficient (Wildman–Crippen LogP) is 14.6. The smallest absolute Gasteiger partial charge is 0.138 e. The van der Waals surface area contributed by atoms with Crippen molar-refractivity contribution in [3.63, 3.8) is 0 Å². The van der Waals surface area contributed by atoms with Gasteiger partial charge in [-0.25, -0.2) is 0 Å². The third kappa shape index (κ3) is 9.03. The Bertz CT molecular complexity index is 3270. The van der Waals surface area contributed by atoms with Gasteiger partial charge in [0, 0.05) is 74.1 Å². The zero-order valence-electron chi connectivity index (χ0n) is 37.4. The van der Waals surface area contributed by atoms with Gasteiger partial charge in [0.05, 0.1) is 0 Å². The van der Waals surface area contributed by atoms with Crippen molar-refractivity contribution in [3.8, 4) is 45.0 Å².